The Kier molecular flexibility index (Phi) is 3.66. The lowest BCUT2D eigenvalue weighted by atomic mass is 9.89. The van der Waals surface area contributed by atoms with Crippen molar-refractivity contribution in [1.29, 1.82) is 0 Å². The number of benzene rings is 1. The molecule has 1 atom stereocenters. The summed E-state index contributed by atoms with van der Waals surface area (Å²) < 4.78 is 0. The predicted molar refractivity (Wildman–Crippen MR) is 81.2 cm³/mol. The fraction of sp³-hybridized carbons (Fsp3) is 0.375. The van der Waals surface area contributed by atoms with Crippen molar-refractivity contribution in [2.75, 3.05) is 0 Å². The standard InChI is InChI=1S/C16H17ClOS/c1-10-9-19-16(14(10)17)15(18)13-7-6-11-4-2-3-5-12(11)8-13/h6-9,15,18H,2-5H2,1H3. The highest BCUT2D eigenvalue weighted by atomic mass is 35.5. The molecule has 3 rings (SSSR count). The van der Waals surface area contributed by atoms with Crippen molar-refractivity contribution in [2.45, 2.75) is 38.7 Å². The first kappa shape index (κ1) is 13.2. The maximum Gasteiger partial charge on any atom is 0.115 e. The Bertz CT molecular complexity index is 603. The van der Waals surface area contributed by atoms with E-state index in [2.05, 4.69) is 12.1 Å². The number of hydrogen-bond donors (Lipinski definition) is 1. The van der Waals surface area contributed by atoms with Crippen LogP contribution >= 0.6 is 22.9 Å². The molecule has 0 bridgehead atoms. The molecule has 2 aromatic rings. The number of thiophene rings is 1. The van der Waals surface area contributed by atoms with Gasteiger partial charge in [0.1, 0.15) is 6.10 Å². The summed E-state index contributed by atoms with van der Waals surface area (Å²) in [4.78, 5) is 0.856. The van der Waals surface area contributed by atoms with Crippen molar-refractivity contribution in [3.63, 3.8) is 0 Å². The molecule has 1 N–H and O–H groups in total. The Morgan fingerprint density at radius 3 is 2.63 bits per heavy atom. The third-order valence-corrected chi connectivity index (χ3v) is 5.63. The van der Waals surface area contributed by atoms with Gasteiger partial charge < -0.3 is 5.11 Å². The number of rotatable bonds is 2. The van der Waals surface area contributed by atoms with Crippen LogP contribution in [0, 0.1) is 6.92 Å². The Hall–Kier alpha value is -0.830. The molecule has 19 heavy (non-hydrogen) atoms. The second-order valence-electron chi connectivity index (χ2n) is 5.23. The van der Waals surface area contributed by atoms with Gasteiger partial charge in [-0.05, 0) is 60.2 Å². The molecule has 100 valence electrons. The van der Waals surface area contributed by atoms with Gasteiger partial charge in [0.15, 0.2) is 0 Å². The maximum absolute atomic E-state index is 10.5. The zero-order valence-corrected chi connectivity index (χ0v) is 12.5. The lowest BCUT2D eigenvalue weighted by Crippen LogP contribution is -2.05. The molecule has 0 fully saturated rings. The van der Waals surface area contributed by atoms with Crippen LogP contribution in [-0.4, -0.2) is 5.11 Å². The number of aliphatic hydroxyl groups excluding tert-OH is 1. The SMILES string of the molecule is Cc1csc(C(O)c2ccc3c(c2)CCCC3)c1Cl. The molecule has 1 aromatic heterocycles. The normalized spacial score (nSPS) is 16.2. The zero-order chi connectivity index (χ0) is 13.4. The molecular formula is C16H17ClOS. The van der Waals surface area contributed by atoms with E-state index in [1.54, 1.807) is 0 Å². The Morgan fingerprint density at radius 1 is 1.21 bits per heavy atom. The summed E-state index contributed by atoms with van der Waals surface area (Å²) in [5.41, 5.74) is 4.84. The van der Waals surface area contributed by atoms with Crippen molar-refractivity contribution in [3.05, 3.63) is 55.7 Å². The summed E-state index contributed by atoms with van der Waals surface area (Å²) in [7, 11) is 0. The van der Waals surface area contributed by atoms with E-state index in [1.165, 1.54) is 41.7 Å². The molecule has 1 nitrogen and oxygen atoms in total. The number of aryl methyl sites for hydroxylation is 3. The molecule has 0 amide bonds. The summed E-state index contributed by atoms with van der Waals surface area (Å²) in [5, 5.41) is 13.2. The first-order valence-electron chi connectivity index (χ1n) is 6.70. The molecule has 3 heteroatoms. The third kappa shape index (κ3) is 2.45. The molecule has 1 aromatic carbocycles. The van der Waals surface area contributed by atoms with Crippen LogP contribution in [0.15, 0.2) is 23.6 Å². The summed E-state index contributed by atoms with van der Waals surface area (Å²) in [6.07, 6.45) is 4.24. The van der Waals surface area contributed by atoms with Crippen molar-refractivity contribution in [2.24, 2.45) is 0 Å². The molecule has 0 spiro atoms. The summed E-state index contributed by atoms with van der Waals surface area (Å²) in [6, 6.07) is 6.37. The van der Waals surface area contributed by atoms with Crippen LogP contribution < -0.4 is 0 Å². The van der Waals surface area contributed by atoms with Crippen LogP contribution in [0.3, 0.4) is 0 Å². The van der Waals surface area contributed by atoms with Gasteiger partial charge in [-0.25, -0.2) is 0 Å². The van der Waals surface area contributed by atoms with Gasteiger partial charge in [-0.15, -0.1) is 11.3 Å². The average Bonchev–Trinajstić information content (AvgIpc) is 2.78. The smallest absolute Gasteiger partial charge is 0.115 e. The topological polar surface area (TPSA) is 20.2 Å². The molecule has 0 saturated carbocycles. The van der Waals surface area contributed by atoms with Crippen molar-refractivity contribution < 1.29 is 5.11 Å². The molecule has 1 aliphatic rings. The molecule has 1 heterocycles. The highest BCUT2D eigenvalue weighted by Crippen LogP contribution is 2.36. The number of aliphatic hydroxyl groups is 1. The molecular weight excluding hydrogens is 276 g/mol. The minimum absolute atomic E-state index is 0.599. The molecule has 1 unspecified atom stereocenters. The molecule has 0 radical (unpaired) electrons. The average molecular weight is 293 g/mol. The van der Waals surface area contributed by atoms with E-state index in [0.717, 1.165) is 22.4 Å². The van der Waals surface area contributed by atoms with E-state index in [4.69, 9.17) is 11.6 Å². The van der Waals surface area contributed by atoms with E-state index in [9.17, 15) is 5.11 Å². The summed E-state index contributed by atoms with van der Waals surface area (Å²) >= 11 is 7.78. The van der Waals surface area contributed by atoms with Crippen LogP contribution in [0.4, 0.5) is 0 Å². The predicted octanol–water partition coefficient (Wildman–Crippen LogP) is 4.67. The molecule has 0 saturated heterocycles. The summed E-state index contributed by atoms with van der Waals surface area (Å²) in [5.74, 6) is 0. The van der Waals surface area contributed by atoms with Gasteiger partial charge >= 0.3 is 0 Å². The van der Waals surface area contributed by atoms with Crippen LogP contribution in [-0.2, 0) is 12.8 Å². The van der Waals surface area contributed by atoms with E-state index < -0.39 is 6.10 Å². The lowest BCUT2D eigenvalue weighted by Gasteiger charge is -2.18. The fourth-order valence-electron chi connectivity index (χ4n) is 2.71. The van der Waals surface area contributed by atoms with Crippen LogP contribution in [0.25, 0.3) is 0 Å². The second kappa shape index (κ2) is 5.28. The van der Waals surface area contributed by atoms with Gasteiger partial charge in [0.2, 0.25) is 0 Å². The van der Waals surface area contributed by atoms with E-state index in [1.807, 2.05) is 18.4 Å². The highest BCUT2D eigenvalue weighted by molar-refractivity contribution is 7.10. The van der Waals surface area contributed by atoms with Crippen LogP contribution in [0.1, 0.15) is 46.1 Å². The first-order valence-corrected chi connectivity index (χ1v) is 7.96. The molecule has 0 aliphatic heterocycles. The zero-order valence-electron chi connectivity index (χ0n) is 10.9. The van der Waals surface area contributed by atoms with Gasteiger partial charge in [-0.2, -0.15) is 0 Å². The maximum atomic E-state index is 10.5. The van der Waals surface area contributed by atoms with Gasteiger partial charge in [-0.3, -0.25) is 0 Å². The minimum Gasteiger partial charge on any atom is -0.383 e. The Morgan fingerprint density at radius 2 is 1.95 bits per heavy atom. The largest absolute Gasteiger partial charge is 0.383 e. The Balaban J connectivity index is 1.95. The van der Waals surface area contributed by atoms with Crippen LogP contribution in [0.2, 0.25) is 5.02 Å². The van der Waals surface area contributed by atoms with Gasteiger partial charge in [0.25, 0.3) is 0 Å². The van der Waals surface area contributed by atoms with E-state index >= 15 is 0 Å². The number of hydrogen-bond acceptors (Lipinski definition) is 2. The van der Waals surface area contributed by atoms with Crippen molar-refractivity contribution >= 4 is 22.9 Å². The quantitative estimate of drug-likeness (QED) is 0.853. The number of halogens is 1. The fourth-order valence-corrected chi connectivity index (χ4v) is 4.02. The Labute approximate surface area is 122 Å². The minimum atomic E-state index is -0.599. The summed E-state index contributed by atoms with van der Waals surface area (Å²) in [6.45, 7) is 1.97. The van der Waals surface area contributed by atoms with Crippen molar-refractivity contribution in [3.8, 4) is 0 Å². The molecule has 1 aliphatic carbocycles. The van der Waals surface area contributed by atoms with Gasteiger partial charge in [-0.1, -0.05) is 29.8 Å². The lowest BCUT2D eigenvalue weighted by molar-refractivity contribution is 0.224. The third-order valence-electron chi connectivity index (χ3n) is 3.86. The van der Waals surface area contributed by atoms with E-state index in [-0.39, 0.29) is 0 Å². The van der Waals surface area contributed by atoms with Crippen molar-refractivity contribution in [1.82, 2.24) is 0 Å². The van der Waals surface area contributed by atoms with Crippen LogP contribution in [0.5, 0.6) is 0 Å². The highest BCUT2D eigenvalue weighted by Gasteiger charge is 2.19. The monoisotopic (exact) mass is 292 g/mol. The van der Waals surface area contributed by atoms with E-state index in [0.29, 0.717) is 5.02 Å². The first-order chi connectivity index (χ1) is 9.16. The number of fused-ring (bicyclic) bond motifs is 1. The second-order valence-corrected chi connectivity index (χ2v) is 6.52. The van der Waals surface area contributed by atoms with Gasteiger partial charge in [0, 0.05) is 0 Å². The van der Waals surface area contributed by atoms with Gasteiger partial charge in [0.05, 0.1) is 9.90 Å².